The Labute approximate surface area is 125 Å². The molecule has 0 spiro atoms. The minimum absolute atomic E-state index is 0.108. The fraction of sp³-hybridized carbons (Fsp3) is 0.308. The number of nitrogens with zero attached hydrogens (tertiary/aromatic N) is 1. The first-order valence-corrected chi connectivity index (χ1v) is 7.31. The molecule has 1 saturated heterocycles. The number of carbonyl (C=O) groups is 2. The zero-order valence-electron chi connectivity index (χ0n) is 10.6. The number of carboxylic acid groups (broad SMARTS) is 1. The van der Waals surface area contributed by atoms with E-state index in [-0.39, 0.29) is 12.3 Å². The maximum absolute atomic E-state index is 12.2. The van der Waals surface area contributed by atoms with Crippen LogP contribution in [0.2, 0.25) is 0 Å². The molecule has 1 fully saturated rings. The second kappa shape index (κ2) is 6.71. The molecule has 0 bridgehead atoms. The molecule has 7 heteroatoms. The summed E-state index contributed by atoms with van der Waals surface area (Å²) in [6, 6.07) is 3.51. The molecule has 1 aromatic rings. The van der Waals surface area contributed by atoms with Gasteiger partial charge in [0.1, 0.15) is 10.1 Å². The number of thiocarbonyl (C=S) groups is 1. The second-order valence-electron chi connectivity index (χ2n) is 4.20. The molecule has 1 aliphatic heterocycles. The molecule has 106 valence electrons. The summed E-state index contributed by atoms with van der Waals surface area (Å²) >= 11 is 6.41. The molecule has 1 N–H and O–H groups in total. The molecular formula is C13H13NO4S2. The van der Waals surface area contributed by atoms with E-state index in [4.69, 9.17) is 21.7 Å². The van der Waals surface area contributed by atoms with Crippen LogP contribution in [0.1, 0.15) is 25.0 Å². The van der Waals surface area contributed by atoms with Gasteiger partial charge in [0.25, 0.3) is 5.91 Å². The third kappa shape index (κ3) is 3.71. The third-order valence-corrected chi connectivity index (χ3v) is 4.09. The van der Waals surface area contributed by atoms with Gasteiger partial charge in [-0.1, -0.05) is 24.0 Å². The number of unbranched alkanes of at least 4 members (excludes halogenated alkanes) is 1. The minimum atomic E-state index is -0.826. The summed E-state index contributed by atoms with van der Waals surface area (Å²) in [5.41, 5.74) is 0. The monoisotopic (exact) mass is 311 g/mol. The highest BCUT2D eigenvalue weighted by molar-refractivity contribution is 8.26. The molecule has 0 saturated carbocycles. The van der Waals surface area contributed by atoms with Crippen molar-refractivity contribution in [3.8, 4) is 0 Å². The first-order valence-electron chi connectivity index (χ1n) is 6.08. The molecule has 0 atom stereocenters. The summed E-state index contributed by atoms with van der Waals surface area (Å²) in [6.45, 7) is 0.452. The standard InChI is InChI=1S/C13H13NO4S2/c15-11(16)5-1-2-6-14-12(17)10(20-13(14)19)8-9-4-3-7-18-9/h3-4,7-8H,1-2,5-6H2,(H,15,16)/b10-8+. The molecule has 1 aliphatic rings. The van der Waals surface area contributed by atoms with Crippen LogP contribution in [0.3, 0.4) is 0 Å². The Hall–Kier alpha value is -1.60. The summed E-state index contributed by atoms with van der Waals surface area (Å²) in [5, 5.41) is 8.57. The van der Waals surface area contributed by atoms with E-state index in [1.165, 1.54) is 16.7 Å². The van der Waals surface area contributed by atoms with Crippen LogP contribution in [-0.2, 0) is 9.59 Å². The number of hydrogen-bond donors (Lipinski definition) is 1. The Kier molecular flexibility index (Phi) is 4.97. The average molecular weight is 311 g/mol. The Balaban J connectivity index is 1.93. The number of amides is 1. The van der Waals surface area contributed by atoms with Crippen LogP contribution in [0.5, 0.6) is 0 Å². The van der Waals surface area contributed by atoms with E-state index in [1.807, 2.05) is 0 Å². The van der Waals surface area contributed by atoms with Crippen molar-refractivity contribution >= 4 is 46.3 Å². The number of thioether (sulfide) groups is 1. The topological polar surface area (TPSA) is 70.8 Å². The molecule has 0 aliphatic carbocycles. The first kappa shape index (κ1) is 14.8. The summed E-state index contributed by atoms with van der Waals surface area (Å²) in [5.74, 6) is -0.365. The molecule has 1 aromatic heterocycles. The van der Waals surface area contributed by atoms with Gasteiger partial charge in [0.05, 0.1) is 11.2 Å². The highest BCUT2D eigenvalue weighted by Crippen LogP contribution is 2.32. The van der Waals surface area contributed by atoms with Crippen molar-refractivity contribution in [1.29, 1.82) is 0 Å². The highest BCUT2D eigenvalue weighted by atomic mass is 32.2. The zero-order valence-corrected chi connectivity index (χ0v) is 12.2. The van der Waals surface area contributed by atoms with Crippen molar-refractivity contribution in [3.63, 3.8) is 0 Å². The second-order valence-corrected chi connectivity index (χ2v) is 5.88. The van der Waals surface area contributed by atoms with Crippen LogP contribution in [0.4, 0.5) is 0 Å². The van der Waals surface area contributed by atoms with E-state index in [0.29, 0.717) is 34.4 Å². The zero-order chi connectivity index (χ0) is 14.5. The lowest BCUT2D eigenvalue weighted by Crippen LogP contribution is -2.29. The Bertz CT molecular complexity index is 551. The molecule has 1 amide bonds. The summed E-state index contributed by atoms with van der Waals surface area (Å²) in [6.07, 6.45) is 4.46. The van der Waals surface area contributed by atoms with Gasteiger partial charge in [-0.05, 0) is 25.0 Å². The molecule has 5 nitrogen and oxygen atoms in total. The Morgan fingerprint density at radius 3 is 2.95 bits per heavy atom. The minimum Gasteiger partial charge on any atom is -0.481 e. The van der Waals surface area contributed by atoms with Gasteiger partial charge in [0.2, 0.25) is 0 Å². The predicted octanol–water partition coefficient (Wildman–Crippen LogP) is 2.74. The van der Waals surface area contributed by atoms with Crippen molar-refractivity contribution in [2.24, 2.45) is 0 Å². The molecule has 0 radical (unpaired) electrons. The van der Waals surface area contributed by atoms with Gasteiger partial charge in [-0.25, -0.2) is 0 Å². The maximum Gasteiger partial charge on any atom is 0.303 e. The molecule has 20 heavy (non-hydrogen) atoms. The van der Waals surface area contributed by atoms with Crippen molar-refractivity contribution in [2.75, 3.05) is 6.54 Å². The number of hydrogen-bond acceptors (Lipinski definition) is 5. The molecule has 0 unspecified atom stereocenters. The number of carbonyl (C=O) groups excluding carboxylic acids is 1. The maximum atomic E-state index is 12.2. The SMILES string of the molecule is O=C(O)CCCCN1C(=O)/C(=C\c2ccco2)SC1=S. The van der Waals surface area contributed by atoms with Crippen molar-refractivity contribution in [3.05, 3.63) is 29.1 Å². The fourth-order valence-corrected chi connectivity index (χ4v) is 3.03. The third-order valence-electron chi connectivity index (χ3n) is 2.71. The normalized spacial score (nSPS) is 17.2. The van der Waals surface area contributed by atoms with Gasteiger partial charge >= 0.3 is 5.97 Å². The van der Waals surface area contributed by atoms with Crippen LogP contribution in [-0.4, -0.2) is 32.7 Å². The molecular weight excluding hydrogens is 298 g/mol. The van der Waals surface area contributed by atoms with E-state index in [9.17, 15) is 9.59 Å². The molecule has 0 aromatic carbocycles. The fourth-order valence-electron chi connectivity index (χ4n) is 1.74. The Morgan fingerprint density at radius 1 is 1.50 bits per heavy atom. The van der Waals surface area contributed by atoms with Crippen molar-refractivity contribution in [2.45, 2.75) is 19.3 Å². The lowest BCUT2D eigenvalue weighted by molar-refractivity contribution is -0.137. The van der Waals surface area contributed by atoms with Gasteiger partial charge in [0.15, 0.2) is 0 Å². The van der Waals surface area contributed by atoms with Gasteiger partial charge in [-0.2, -0.15) is 0 Å². The lowest BCUT2D eigenvalue weighted by atomic mass is 10.2. The van der Waals surface area contributed by atoms with Crippen LogP contribution < -0.4 is 0 Å². The summed E-state index contributed by atoms with van der Waals surface area (Å²) < 4.78 is 5.67. The van der Waals surface area contributed by atoms with E-state index >= 15 is 0 Å². The summed E-state index contributed by atoms with van der Waals surface area (Å²) in [4.78, 5) is 24.6. The number of aliphatic carboxylic acids is 1. The van der Waals surface area contributed by atoms with E-state index < -0.39 is 5.97 Å². The lowest BCUT2D eigenvalue weighted by Gasteiger charge is -2.13. The predicted molar refractivity (Wildman–Crippen MR) is 80.1 cm³/mol. The van der Waals surface area contributed by atoms with Crippen LogP contribution >= 0.6 is 24.0 Å². The molecule has 2 heterocycles. The molecule has 2 rings (SSSR count). The first-order chi connectivity index (χ1) is 9.58. The Morgan fingerprint density at radius 2 is 2.30 bits per heavy atom. The number of furan rings is 1. The summed E-state index contributed by atoms with van der Waals surface area (Å²) in [7, 11) is 0. The largest absolute Gasteiger partial charge is 0.481 e. The smallest absolute Gasteiger partial charge is 0.303 e. The van der Waals surface area contributed by atoms with Gasteiger partial charge in [-0.3, -0.25) is 14.5 Å². The van der Waals surface area contributed by atoms with Crippen molar-refractivity contribution in [1.82, 2.24) is 4.90 Å². The highest BCUT2D eigenvalue weighted by Gasteiger charge is 2.31. The van der Waals surface area contributed by atoms with E-state index in [1.54, 1.807) is 24.5 Å². The quantitative estimate of drug-likeness (QED) is 0.495. The number of rotatable bonds is 6. The van der Waals surface area contributed by atoms with Gasteiger partial charge in [0, 0.05) is 19.0 Å². The van der Waals surface area contributed by atoms with Gasteiger partial charge in [-0.15, -0.1) is 0 Å². The van der Waals surface area contributed by atoms with Gasteiger partial charge < -0.3 is 9.52 Å². The van der Waals surface area contributed by atoms with Crippen LogP contribution in [0.25, 0.3) is 6.08 Å². The van der Waals surface area contributed by atoms with Crippen LogP contribution in [0, 0.1) is 0 Å². The van der Waals surface area contributed by atoms with E-state index in [2.05, 4.69) is 0 Å². The van der Waals surface area contributed by atoms with Crippen molar-refractivity contribution < 1.29 is 19.1 Å². The van der Waals surface area contributed by atoms with Crippen LogP contribution in [0.15, 0.2) is 27.7 Å². The number of carboxylic acids is 1. The van der Waals surface area contributed by atoms with E-state index in [0.717, 1.165) is 0 Å². The average Bonchev–Trinajstić information content (AvgIpc) is 2.97.